The zero-order valence-electron chi connectivity index (χ0n) is 15.2. The van der Waals surface area contributed by atoms with Crippen molar-refractivity contribution in [3.63, 3.8) is 0 Å². The van der Waals surface area contributed by atoms with E-state index in [4.69, 9.17) is 9.73 Å². The van der Waals surface area contributed by atoms with Crippen LogP contribution in [0.15, 0.2) is 34.1 Å². The third-order valence-electron chi connectivity index (χ3n) is 4.96. The third-order valence-corrected chi connectivity index (χ3v) is 6.13. The molecule has 0 amide bonds. The van der Waals surface area contributed by atoms with Gasteiger partial charge in [0.25, 0.3) is 5.56 Å². The number of benzene rings is 1. The van der Waals surface area contributed by atoms with E-state index in [2.05, 4.69) is 18.9 Å². The van der Waals surface area contributed by atoms with Crippen molar-refractivity contribution >= 4 is 22.6 Å². The zero-order chi connectivity index (χ0) is 18.5. The van der Waals surface area contributed by atoms with Crippen LogP contribution in [0.4, 0.5) is 5.82 Å². The number of phenolic OH excluding ortho intramolecular Hbond substituents is 1. The fraction of sp³-hybridized carbons (Fsp3) is 0.474. The number of hydrogen-bond donors (Lipinski definition) is 2. The van der Waals surface area contributed by atoms with Crippen LogP contribution in [0.3, 0.4) is 0 Å². The zero-order valence-corrected chi connectivity index (χ0v) is 16.0. The maximum Gasteiger partial charge on any atom is 0.271 e. The number of thioether (sulfide) groups is 1. The molecule has 1 saturated heterocycles. The summed E-state index contributed by atoms with van der Waals surface area (Å²) in [5, 5.41) is 13.6. The van der Waals surface area contributed by atoms with E-state index in [1.165, 1.54) is 0 Å². The van der Waals surface area contributed by atoms with E-state index < -0.39 is 0 Å². The minimum Gasteiger partial charge on any atom is -0.508 e. The summed E-state index contributed by atoms with van der Waals surface area (Å²) in [5.74, 6) is 0.911. The number of rotatable bonds is 2. The van der Waals surface area contributed by atoms with Crippen LogP contribution in [0.1, 0.15) is 56.0 Å². The Kier molecular flexibility index (Phi) is 4.23. The third kappa shape index (κ3) is 3.10. The van der Waals surface area contributed by atoms with E-state index in [-0.39, 0.29) is 28.2 Å². The van der Waals surface area contributed by atoms with Gasteiger partial charge in [-0.3, -0.25) is 14.6 Å². The van der Waals surface area contributed by atoms with E-state index in [0.717, 1.165) is 23.4 Å². The van der Waals surface area contributed by atoms with Gasteiger partial charge in [-0.25, -0.2) is 4.99 Å². The van der Waals surface area contributed by atoms with Crippen LogP contribution >= 0.6 is 11.8 Å². The summed E-state index contributed by atoms with van der Waals surface area (Å²) in [6.07, 6.45) is 1.67. The molecule has 2 aliphatic heterocycles. The molecule has 2 N–H and O–H groups in total. The topological polar surface area (TPSA) is 79.6 Å². The first kappa shape index (κ1) is 17.4. The maximum atomic E-state index is 12.8. The molecule has 4 rings (SSSR count). The maximum absolute atomic E-state index is 12.8. The number of H-pyrrole nitrogens is 1. The van der Waals surface area contributed by atoms with Crippen LogP contribution in [-0.4, -0.2) is 32.1 Å². The van der Waals surface area contributed by atoms with Gasteiger partial charge in [0.05, 0.1) is 27.5 Å². The molecule has 0 radical (unpaired) electrons. The van der Waals surface area contributed by atoms with Crippen molar-refractivity contribution in [2.45, 2.75) is 50.5 Å². The van der Waals surface area contributed by atoms with Gasteiger partial charge in [0, 0.05) is 6.61 Å². The second-order valence-corrected chi connectivity index (χ2v) is 8.82. The van der Waals surface area contributed by atoms with Crippen LogP contribution in [0.2, 0.25) is 0 Å². The van der Waals surface area contributed by atoms with Crippen molar-refractivity contribution in [3.8, 4) is 5.75 Å². The molecule has 26 heavy (non-hydrogen) atoms. The van der Waals surface area contributed by atoms with E-state index in [9.17, 15) is 9.90 Å². The van der Waals surface area contributed by atoms with Gasteiger partial charge >= 0.3 is 0 Å². The highest BCUT2D eigenvalue weighted by atomic mass is 32.2. The monoisotopic (exact) mass is 373 g/mol. The lowest BCUT2D eigenvalue weighted by Crippen LogP contribution is -2.35. The number of hydrogen-bond acceptors (Lipinski definition) is 5. The molecule has 2 atom stereocenters. The number of aromatic nitrogens is 2. The Morgan fingerprint density at radius 2 is 2.23 bits per heavy atom. The summed E-state index contributed by atoms with van der Waals surface area (Å²) < 4.78 is 7.75. The Morgan fingerprint density at radius 3 is 2.96 bits per heavy atom. The molecule has 6 nitrogen and oxygen atoms in total. The van der Waals surface area contributed by atoms with Gasteiger partial charge < -0.3 is 9.84 Å². The quantitative estimate of drug-likeness (QED) is 0.837. The molecule has 0 aliphatic carbocycles. The lowest BCUT2D eigenvalue weighted by Gasteiger charge is -2.36. The molecular weight excluding hydrogens is 350 g/mol. The number of ether oxygens (including phenoxy) is 1. The van der Waals surface area contributed by atoms with Crippen LogP contribution in [0.5, 0.6) is 5.75 Å². The molecule has 0 saturated carbocycles. The van der Waals surface area contributed by atoms with Crippen molar-refractivity contribution in [3.05, 3.63) is 45.7 Å². The van der Waals surface area contributed by atoms with Crippen LogP contribution < -0.4 is 5.56 Å². The minimum absolute atomic E-state index is 0.110. The Balaban J connectivity index is 1.80. The number of nitrogens with zero attached hydrogens (tertiary/aromatic N) is 2. The van der Waals surface area contributed by atoms with Gasteiger partial charge in [0.1, 0.15) is 5.75 Å². The van der Waals surface area contributed by atoms with Crippen LogP contribution in [-0.2, 0) is 4.74 Å². The fourth-order valence-electron chi connectivity index (χ4n) is 3.82. The van der Waals surface area contributed by atoms with Gasteiger partial charge in [-0.2, -0.15) is 0 Å². The predicted molar refractivity (Wildman–Crippen MR) is 104 cm³/mol. The molecule has 3 heterocycles. The Labute approximate surface area is 156 Å². The molecule has 0 unspecified atom stereocenters. The SMILES string of the molecule is CC1=Nc2c(c(=O)[nH]n2[C@@H]2CCOC(C)(C)C2)[C@@H](c2cccc(O)c2)S1. The largest absolute Gasteiger partial charge is 0.508 e. The molecule has 7 heteroatoms. The summed E-state index contributed by atoms with van der Waals surface area (Å²) >= 11 is 1.55. The highest BCUT2D eigenvalue weighted by molar-refractivity contribution is 8.14. The first-order chi connectivity index (χ1) is 12.3. The van der Waals surface area contributed by atoms with Crippen molar-refractivity contribution in [2.75, 3.05) is 6.61 Å². The molecule has 2 aliphatic rings. The molecule has 1 aromatic heterocycles. The molecule has 0 bridgehead atoms. The fourth-order valence-corrected chi connectivity index (χ4v) is 4.91. The summed E-state index contributed by atoms with van der Waals surface area (Å²) in [4.78, 5) is 17.5. The van der Waals surface area contributed by atoms with Gasteiger partial charge in [0.15, 0.2) is 5.82 Å². The van der Waals surface area contributed by atoms with E-state index >= 15 is 0 Å². The molecule has 1 aromatic carbocycles. The van der Waals surface area contributed by atoms with Crippen LogP contribution in [0, 0.1) is 0 Å². The van der Waals surface area contributed by atoms with Crippen molar-refractivity contribution in [1.82, 2.24) is 9.78 Å². The Hall–Kier alpha value is -1.99. The number of nitrogens with one attached hydrogen (secondary N) is 1. The summed E-state index contributed by atoms with van der Waals surface area (Å²) in [7, 11) is 0. The summed E-state index contributed by atoms with van der Waals surface area (Å²) in [6, 6.07) is 7.25. The van der Waals surface area contributed by atoms with E-state index in [1.807, 2.05) is 17.7 Å². The average Bonchev–Trinajstić information content (AvgIpc) is 2.90. The second-order valence-electron chi connectivity index (χ2n) is 7.53. The van der Waals surface area contributed by atoms with Gasteiger partial charge in [-0.15, -0.1) is 0 Å². The lowest BCUT2D eigenvalue weighted by molar-refractivity contribution is -0.0705. The van der Waals surface area contributed by atoms with E-state index in [1.54, 1.807) is 30.0 Å². The van der Waals surface area contributed by atoms with Crippen molar-refractivity contribution in [1.29, 1.82) is 0 Å². The molecule has 2 aromatic rings. The van der Waals surface area contributed by atoms with Gasteiger partial charge in [-0.1, -0.05) is 23.9 Å². The molecular formula is C19H23N3O3S. The number of aliphatic imine (C=N–C) groups is 1. The predicted octanol–water partition coefficient (Wildman–Crippen LogP) is 3.90. The summed E-state index contributed by atoms with van der Waals surface area (Å²) in [6.45, 7) is 6.78. The first-order valence-corrected chi connectivity index (χ1v) is 9.71. The van der Waals surface area contributed by atoms with Crippen LogP contribution in [0.25, 0.3) is 0 Å². The van der Waals surface area contributed by atoms with Gasteiger partial charge in [0.2, 0.25) is 0 Å². The van der Waals surface area contributed by atoms with Gasteiger partial charge in [-0.05, 0) is 51.3 Å². The highest BCUT2D eigenvalue weighted by Gasteiger charge is 2.35. The standard InChI is InChI=1S/C19H23N3O3S/c1-11-20-17-15(16(26-11)12-5-4-6-14(23)9-12)18(24)21-22(17)13-7-8-25-19(2,3)10-13/h4-6,9,13,16,23H,7-8,10H2,1-3H3,(H,21,24)/t13-,16-/m1/s1. The molecule has 138 valence electrons. The Bertz CT molecular complexity index is 928. The number of aromatic amines is 1. The molecule has 1 fully saturated rings. The lowest BCUT2D eigenvalue weighted by atomic mass is 9.94. The Morgan fingerprint density at radius 1 is 1.42 bits per heavy atom. The minimum atomic E-state index is -0.218. The van der Waals surface area contributed by atoms with Crippen molar-refractivity contribution in [2.24, 2.45) is 4.99 Å². The number of fused-ring (bicyclic) bond motifs is 1. The highest BCUT2D eigenvalue weighted by Crippen LogP contribution is 2.45. The summed E-state index contributed by atoms with van der Waals surface area (Å²) in [5.41, 5.74) is 1.24. The number of aromatic hydroxyl groups is 1. The van der Waals surface area contributed by atoms with Crippen molar-refractivity contribution < 1.29 is 9.84 Å². The molecule has 0 spiro atoms. The number of phenols is 1. The van der Waals surface area contributed by atoms with E-state index in [0.29, 0.717) is 18.0 Å². The normalized spacial score (nSPS) is 24.8. The second kappa shape index (κ2) is 6.32. The smallest absolute Gasteiger partial charge is 0.271 e. The first-order valence-electron chi connectivity index (χ1n) is 8.83. The average molecular weight is 373 g/mol.